The number of amides is 1. The van der Waals surface area contributed by atoms with Crippen molar-refractivity contribution < 1.29 is 19.0 Å². The van der Waals surface area contributed by atoms with Gasteiger partial charge in [0.2, 0.25) is 5.91 Å². The van der Waals surface area contributed by atoms with Crippen molar-refractivity contribution in [1.29, 1.82) is 0 Å². The summed E-state index contributed by atoms with van der Waals surface area (Å²) in [6.07, 6.45) is 0. The molecule has 1 amide bonds. The van der Waals surface area contributed by atoms with Crippen LogP contribution in [-0.4, -0.2) is 30.5 Å². The highest BCUT2D eigenvalue weighted by molar-refractivity contribution is 7.80. The molecule has 0 unspecified atom stereocenters. The lowest BCUT2D eigenvalue weighted by molar-refractivity contribution is -0.130. The van der Waals surface area contributed by atoms with Gasteiger partial charge in [0.1, 0.15) is 11.7 Å². The maximum atomic E-state index is 14.1. The highest BCUT2D eigenvalue weighted by Crippen LogP contribution is 2.52. The number of thiocarbonyl (C=S) groups is 1. The summed E-state index contributed by atoms with van der Waals surface area (Å²) in [5.41, 5.74) is 3.36. The predicted octanol–water partition coefficient (Wildman–Crippen LogP) is 5.51. The Hall–Kier alpha value is -3.78. The molecule has 8 heteroatoms. The Labute approximate surface area is 222 Å². The number of para-hydroxylation sites is 1. The van der Waals surface area contributed by atoms with Gasteiger partial charge in [-0.05, 0) is 81.9 Å². The number of methoxy groups -OCH3 is 1. The van der Waals surface area contributed by atoms with Crippen LogP contribution in [0.2, 0.25) is 0 Å². The molecular weight excluding hydrogens is 486 g/mol. The second-order valence-corrected chi connectivity index (χ2v) is 9.90. The molecule has 2 heterocycles. The van der Waals surface area contributed by atoms with Crippen LogP contribution in [0.15, 0.2) is 60.7 Å². The number of fused-ring (bicyclic) bond motifs is 4. The minimum atomic E-state index is -1.15. The number of hydrogen-bond acceptors (Lipinski definition) is 5. The summed E-state index contributed by atoms with van der Waals surface area (Å²) in [6, 6.07) is 18.9. The largest absolute Gasteiger partial charge is 0.494 e. The molecule has 0 aliphatic carbocycles. The van der Waals surface area contributed by atoms with Crippen molar-refractivity contribution in [3.8, 4) is 17.2 Å². The first-order valence-corrected chi connectivity index (χ1v) is 12.7. The number of hydrogen-bond donors (Lipinski definition) is 2. The zero-order valence-electron chi connectivity index (χ0n) is 21.6. The fourth-order valence-corrected chi connectivity index (χ4v) is 5.76. The Morgan fingerprint density at radius 3 is 2.59 bits per heavy atom. The second kappa shape index (κ2) is 9.59. The third-order valence-electron chi connectivity index (χ3n) is 7.04. The first-order chi connectivity index (χ1) is 17.8. The van der Waals surface area contributed by atoms with Gasteiger partial charge >= 0.3 is 0 Å². The average molecular weight is 518 g/mol. The molecule has 3 aromatic rings. The summed E-state index contributed by atoms with van der Waals surface area (Å²) >= 11 is 5.85. The standard InChI is InChI=1S/C29H31N3O4S/c1-6-35-20-13-11-19(12-14-20)32-28(37)31-25-21-8-7-9-23(34-5)26(21)36-29(32,4)24(25)27(33)30-22-15-10-17(2)16-18(22)3/h7-16,24-25H,6H2,1-5H3,(H,30,33)(H,31,37)/t24-,25+,29-/m0/s1. The minimum Gasteiger partial charge on any atom is -0.494 e. The zero-order valence-corrected chi connectivity index (χ0v) is 22.4. The molecule has 3 atom stereocenters. The number of carbonyl (C=O) groups excluding carboxylic acids is 1. The second-order valence-electron chi connectivity index (χ2n) is 9.51. The summed E-state index contributed by atoms with van der Waals surface area (Å²) < 4.78 is 18.0. The van der Waals surface area contributed by atoms with Gasteiger partial charge in [-0.1, -0.05) is 29.8 Å². The van der Waals surface area contributed by atoms with Crippen molar-refractivity contribution in [2.75, 3.05) is 23.9 Å². The van der Waals surface area contributed by atoms with Crippen molar-refractivity contribution in [3.05, 3.63) is 77.4 Å². The van der Waals surface area contributed by atoms with Gasteiger partial charge in [0, 0.05) is 16.9 Å². The summed E-state index contributed by atoms with van der Waals surface area (Å²) in [7, 11) is 1.61. The fourth-order valence-electron chi connectivity index (χ4n) is 5.34. The number of carbonyl (C=O) groups is 1. The number of anilines is 2. The molecule has 3 aromatic carbocycles. The van der Waals surface area contributed by atoms with Gasteiger partial charge in [-0.3, -0.25) is 9.69 Å². The third-order valence-corrected chi connectivity index (χ3v) is 7.34. The lowest BCUT2D eigenvalue weighted by Crippen LogP contribution is -2.72. The molecule has 0 spiro atoms. The molecule has 0 saturated carbocycles. The minimum absolute atomic E-state index is 0.168. The topological polar surface area (TPSA) is 72.1 Å². The molecule has 5 rings (SSSR count). The van der Waals surface area contributed by atoms with Crippen molar-refractivity contribution >= 4 is 34.6 Å². The Morgan fingerprint density at radius 1 is 1.16 bits per heavy atom. The van der Waals surface area contributed by atoms with Crippen LogP contribution in [0.1, 0.15) is 36.6 Å². The summed E-state index contributed by atoms with van der Waals surface area (Å²) in [4.78, 5) is 15.9. The fraction of sp³-hybridized carbons (Fsp3) is 0.310. The van der Waals surface area contributed by atoms with E-state index in [2.05, 4.69) is 16.7 Å². The van der Waals surface area contributed by atoms with Crippen molar-refractivity contribution in [3.63, 3.8) is 0 Å². The van der Waals surface area contributed by atoms with Crippen molar-refractivity contribution in [2.45, 2.75) is 39.5 Å². The van der Waals surface area contributed by atoms with Crippen LogP contribution in [0, 0.1) is 19.8 Å². The van der Waals surface area contributed by atoms with Crippen LogP contribution >= 0.6 is 12.2 Å². The highest BCUT2D eigenvalue weighted by Gasteiger charge is 2.59. The zero-order chi connectivity index (χ0) is 26.3. The molecule has 192 valence electrons. The van der Waals surface area contributed by atoms with Gasteiger partial charge < -0.3 is 24.8 Å². The monoisotopic (exact) mass is 517 g/mol. The lowest BCUT2D eigenvalue weighted by atomic mass is 9.78. The maximum absolute atomic E-state index is 14.1. The van der Waals surface area contributed by atoms with Crippen LogP contribution in [0.3, 0.4) is 0 Å². The molecular formula is C29H31N3O4S. The van der Waals surface area contributed by atoms with Crippen molar-refractivity contribution in [2.24, 2.45) is 5.92 Å². The van der Waals surface area contributed by atoms with Gasteiger partial charge in [-0.15, -0.1) is 0 Å². The van der Waals surface area contributed by atoms with Crippen LogP contribution < -0.4 is 29.7 Å². The van der Waals surface area contributed by atoms with Gasteiger partial charge in [0.05, 0.1) is 19.8 Å². The van der Waals surface area contributed by atoms with E-state index in [4.69, 9.17) is 26.4 Å². The molecule has 2 bridgehead atoms. The van der Waals surface area contributed by atoms with E-state index in [0.717, 1.165) is 33.8 Å². The van der Waals surface area contributed by atoms with E-state index in [0.29, 0.717) is 23.2 Å². The van der Waals surface area contributed by atoms with Crippen LogP contribution in [0.5, 0.6) is 17.2 Å². The molecule has 0 radical (unpaired) electrons. The Morgan fingerprint density at radius 2 is 1.92 bits per heavy atom. The molecule has 2 aliphatic heterocycles. The first kappa shape index (κ1) is 24.9. The number of nitrogens with one attached hydrogen (secondary N) is 2. The van der Waals surface area contributed by atoms with E-state index in [1.54, 1.807) is 7.11 Å². The highest BCUT2D eigenvalue weighted by atomic mass is 32.1. The predicted molar refractivity (Wildman–Crippen MR) is 149 cm³/mol. The molecule has 37 heavy (non-hydrogen) atoms. The number of aryl methyl sites for hydroxylation is 2. The summed E-state index contributed by atoms with van der Waals surface area (Å²) in [5, 5.41) is 7.06. The van der Waals surface area contributed by atoms with E-state index in [-0.39, 0.29) is 5.91 Å². The quantitative estimate of drug-likeness (QED) is 0.418. The Kier molecular flexibility index (Phi) is 6.45. The van der Waals surface area contributed by atoms with E-state index in [9.17, 15) is 4.79 Å². The van der Waals surface area contributed by atoms with Gasteiger partial charge in [0.15, 0.2) is 22.3 Å². The third kappa shape index (κ3) is 4.25. The first-order valence-electron chi connectivity index (χ1n) is 12.3. The van der Waals surface area contributed by atoms with Gasteiger partial charge in [-0.25, -0.2) is 0 Å². The SMILES string of the molecule is CCOc1ccc(N2C(=S)N[C@@H]3c4cccc(OC)c4O[C@@]2(C)[C@@H]3C(=O)Nc2ccc(C)cc2C)cc1. The van der Waals surface area contributed by atoms with Crippen LogP contribution in [-0.2, 0) is 4.79 Å². The summed E-state index contributed by atoms with van der Waals surface area (Å²) in [6.45, 7) is 8.44. The Bertz CT molecular complexity index is 1360. The van der Waals surface area contributed by atoms with Crippen LogP contribution in [0.4, 0.5) is 11.4 Å². The molecule has 1 saturated heterocycles. The smallest absolute Gasteiger partial charge is 0.236 e. The average Bonchev–Trinajstić information content (AvgIpc) is 2.86. The lowest BCUT2D eigenvalue weighted by Gasteiger charge is -2.56. The molecule has 1 fully saturated rings. The number of benzene rings is 3. The molecule has 2 aliphatic rings. The summed E-state index contributed by atoms with van der Waals surface area (Å²) in [5.74, 6) is 1.14. The maximum Gasteiger partial charge on any atom is 0.236 e. The van der Waals surface area contributed by atoms with Crippen molar-refractivity contribution in [1.82, 2.24) is 5.32 Å². The molecule has 0 aromatic heterocycles. The van der Waals surface area contributed by atoms with E-state index < -0.39 is 17.7 Å². The van der Waals surface area contributed by atoms with E-state index in [1.165, 1.54) is 0 Å². The number of rotatable bonds is 6. The Balaban J connectivity index is 1.61. The normalized spacial score (nSPS) is 21.9. The number of nitrogens with zero attached hydrogens (tertiary/aromatic N) is 1. The van der Waals surface area contributed by atoms with Crippen LogP contribution in [0.25, 0.3) is 0 Å². The number of ether oxygens (including phenoxy) is 3. The molecule has 7 nitrogen and oxygen atoms in total. The van der Waals surface area contributed by atoms with E-state index in [1.807, 2.05) is 87.2 Å². The van der Waals surface area contributed by atoms with Gasteiger partial charge in [-0.2, -0.15) is 0 Å². The van der Waals surface area contributed by atoms with E-state index >= 15 is 0 Å². The van der Waals surface area contributed by atoms with Gasteiger partial charge in [0.25, 0.3) is 0 Å². The molecule has 2 N–H and O–H groups in total.